The molecule has 0 saturated carbocycles. The molecular weight excluding hydrogens is 164 g/mol. The van der Waals surface area contributed by atoms with Crippen LogP contribution in [0, 0.1) is 17.8 Å². The Bertz CT molecular complexity index is 330. The molecular formula is C11H10O2. The maximum Gasteiger partial charge on any atom is 0.314 e. The second kappa shape index (κ2) is 2.34. The zero-order valence-electron chi connectivity index (χ0n) is 7.09. The van der Waals surface area contributed by atoms with Crippen molar-refractivity contribution in [3.05, 3.63) is 36.5 Å². The average Bonchev–Trinajstić information content (AvgIpc) is 2.29. The third-order valence-electron chi connectivity index (χ3n) is 2.94. The van der Waals surface area contributed by atoms with Gasteiger partial charge >= 0.3 is 5.97 Å². The van der Waals surface area contributed by atoms with Crippen LogP contribution in [-0.2, 0) is 9.53 Å². The van der Waals surface area contributed by atoms with Crippen molar-refractivity contribution in [2.75, 3.05) is 0 Å². The molecule has 0 aromatic heterocycles. The second-order valence-electron chi connectivity index (χ2n) is 3.74. The van der Waals surface area contributed by atoms with Crippen LogP contribution in [0.2, 0.25) is 0 Å². The van der Waals surface area contributed by atoms with Crippen LogP contribution in [0.3, 0.4) is 0 Å². The largest absolute Gasteiger partial charge is 0.457 e. The number of esters is 1. The molecule has 0 aromatic rings. The Morgan fingerprint density at radius 1 is 1.00 bits per heavy atom. The van der Waals surface area contributed by atoms with Crippen LogP contribution < -0.4 is 0 Å². The van der Waals surface area contributed by atoms with Gasteiger partial charge in [0.05, 0.1) is 5.92 Å². The van der Waals surface area contributed by atoms with Crippen LogP contribution in [0.25, 0.3) is 0 Å². The van der Waals surface area contributed by atoms with Crippen LogP contribution in [0.15, 0.2) is 36.5 Å². The topological polar surface area (TPSA) is 26.3 Å². The maximum absolute atomic E-state index is 11.4. The van der Waals surface area contributed by atoms with Gasteiger partial charge in [-0.3, -0.25) is 4.79 Å². The van der Waals surface area contributed by atoms with E-state index in [4.69, 9.17) is 4.74 Å². The summed E-state index contributed by atoms with van der Waals surface area (Å²) < 4.78 is 5.25. The van der Waals surface area contributed by atoms with E-state index >= 15 is 0 Å². The Hall–Kier alpha value is -1.31. The van der Waals surface area contributed by atoms with Crippen molar-refractivity contribution < 1.29 is 9.53 Å². The second-order valence-corrected chi connectivity index (χ2v) is 3.74. The SMILES string of the molecule is O=C1O[C@H]2C=C[C@@H]3C=C[C@H]2[C@@H]1C=C3. The molecule has 0 N–H and O–H groups in total. The molecule has 1 fully saturated rings. The Labute approximate surface area is 76.6 Å². The molecule has 66 valence electrons. The van der Waals surface area contributed by atoms with Gasteiger partial charge in [-0.2, -0.15) is 0 Å². The number of allylic oxidation sites excluding steroid dienone is 3. The number of carbonyl (C=O) groups is 1. The first-order valence-electron chi connectivity index (χ1n) is 4.60. The highest BCUT2D eigenvalue weighted by atomic mass is 16.6. The van der Waals surface area contributed by atoms with Crippen molar-refractivity contribution in [3.63, 3.8) is 0 Å². The monoisotopic (exact) mass is 174 g/mol. The number of rotatable bonds is 0. The van der Waals surface area contributed by atoms with E-state index in [0.29, 0.717) is 5.92 Å². The van der Waals surface area contributed by atoms with E-state index in [2.05, 4.69) is 24.3 Å². The Balaban J connectivity index is 2.15. The molecule has 0 radical (unpaired) electrons. The fourth-order valence-corrected chi connectivity index (χ4v) is 2.19. The number of fused-ring (bicyclic) bond motifs is 1. The summed E-state index contributed by atoms with van der Waals surface area (Å²) in [5.74, 6) is 0.457. The van der Waals surface area contributed by atoms with E-state index in [-0.39, 0.29) is 23.9 Å². The van der Waals surface area contributed by atoms with Gasteiger partial charge in [-0.15, -0.1) is 0 Å². The van der Waals surface area contributed by atoms with Gasteiger partial charge in [-0.05, 0) is 6.08 Å². The molecule has 2 heteroatoms. The van der Waals surface area contributed by atoms with E-state index in [1.807, 2.05) is 12.2 Å². The lowest BCUT2D eigenvalue weighted by molar-refractivity contribution is -0.141. The molecule has 1 heterocycles. The summed E-state index contributed by atoms with van der Waals surface area (Å²) >= 11 is 0. The zero-order valence-corrected chi connectivity index (χ0v) is 7.09. The quantitative estimate of drug-likeness (QED) is 0.410. The minimum Gasteiger partial charge on any atom is -0.457 e. The van der Waals surface area contributed by atoms with E-state index in [1.54, 1.807) is 0 Å². The molecule has 3 aliphatic rings. The van der Waals surface area contributed by atoms with Crippen molar-refractivity contribution in [2.24, 2.45) is 17.8 Å². The maximum atomic E-state index is 11.4. The minimum absolute atomic E-state index is 0.0244. The lowest BCUT2D eigenvalue weighted by atomic mass is 9.90. The van der Waals surface area contributed by atoms with Gasteiger partial charge in [0.2, 0.25) is 0 Å². The van der Waals surface area contributed by atoms with E-state index in [1.165, 1.54) is 0 Å². The molecule has 1 saturated heterocycles. The summed E-state index contributed by atoms with van der Waals surface area (Å²) in [7, 11) is 0. The van der Waals surface area contributed by atoms with Gasteiger partial charge in [0, 0.05) is 11.8 Å². The summed E-state index contributed by atoms with van der Waals surface area (Å²) in [5, 5.41) is 0. The highest BCUT2D eigenvalue weighted by Crippen LogP contribution is 2.36. The highest BCUT2D eigenvalue weighted by Gasteiger charge is 2.42. The average molecular weight is 174 g/mol. The zero-order chi connectivity index (χ0) is 8.84. The van der Waals surface area contributed by atoms with Gasteiger partial charge in [-0.1, -0.05) is 30.4 Å². The van der Waals surface area contributed by atoms with Crippen molar-refractivity contribution in [1.29, 1.82) is 0 Å². The number of hydrogen-bond acceptors (Lipinski definition) is 2. The van der Waals surface area contributed by atoms with Crippen molar-refractivity contribution in [2.45, 2.75) is 6.10 Å². The lowest BCUT2D eigenvalue weighted by Gasteiger charge is -2.10. The van der Waals surface area contributed by atoms with Crippen LogP contribution in [0.1, 0.15) is 0 Å². The molecule has 1 aliphatic heterocycles. The minimum atomic E-state index is -0.0805. The van der Waals surface area contributed by atoms with Gasteiger partial charge in [0.15, 0.2) is 0 Å². The molecule has 2 bridgehead atoms. The van der Waals surface area contributed by atoms with Gasteiger partial charge in [0.25, 0.3) is 0 Å². The number of carbonyl (C=O) groups excluding carboxylic acids is 1. The molecule has 2 nitrogen and oxygen atoms in total. The first-order valence-corrected chi connectivity index (χ1v) is 4.60. The normalized spacial score (nSPS) is 44.8. The first-order chi connectivity index (χ1) is 6.34. The van der Waals surface area contributed by atoms with Crippen molar-refractivity contribution in [3.8, 4) is 0 Å². The van der Waals surface area contributed by atoms with E-state index < -0.39 is 0 Å². The molecule has 3 rings (SSSR count). The highest BCUT2D eigenvalue weighted by molar-refractivity contribution is 5.78. The molecule has 0 amide bonds. The van der Waals surface area contributed by atoms with Crippen molar-refractivity contribution in [1.82, 2.24) is 0 Å². The first kappa shape index (κ1) is 7.13. The third-order valence-corrected chi connectivity index (χ3v) is 2.94. The van der Waals surface area contributed by atoms with Gasteiger partial charge in [0.1, 0.15) is 6.10 Å². The smallest absolute Gasteiger partial charge is 0.314 e. The lowest BCUT2D eigenvalue weighted by Crippen LogP contribution is -2.15. The summed E-state index contributed by atoms with van der Waals surface area (Å²) in [6, 6.07) is 0. The summed E-state index contributed by atoms with van der Waals surface area (Å²) in [6.45, 7) is 0. The Kier molecular flexibility index (Phi) is 1.29. The Morgan fingerprint density at radius 3 is 2.69 bits per heavy atom. The molecule has 0 unspecified atom stereocenters. The summed E-state index contributed by atoms with van der Waals surface area (Å²) in [6.07, 6.45) is 12.4. The van der Waals surface area contributed by atoms with E-state index in [0.717, 1.165) is 0 Å². The summed E-state index contributed by atoms with van der Waals surface area (Å²) in [4.78, 5) is 11.4. The number of ether oxygens (including phenoxy) is 1. The molecule has 0 spiro atoms. The van der Waals surface area contributed by atoms with Crippen LogP contribution in [0.5, 0.6) is 0 Å². The van der Waals surface area contributed by atoms with Gasteiger partial charge < -0.3 is 4.74 Å². The van der Waals surface area contributed by atoms with Crippen LogP contribution >= 0.6 is 0 Å². The number of hydrogen-bond donors (Lipinski definition) is 0. The van der Waals surface area contributed by atoms with Crippen LogP contribution in [0.4, 0.5) is 0 Å². The van der Waals surface area contributed by atoms with Gasteiger partial charge in [-0.25, -0.2) is 0 Å². The third kappa shape index (κ3) is 0.916. The fraction of sp³-hybridized carbons (Fsp3) is 0.364. The predicted octanol–water partition coefficient (Wildman–Crippen LogP) is 1.46. The molecule has 0 aromatic carbocycles. The Morgan fingerprint density at radius 2 is 1.77 bits per heavy atom. The molecule has 2 aliphatic carbocycles. The fourth-order valence-electron chi connectivity index (χ4n) is 2.19. The van der Waals surface area contributed by atoms with Crippen molar-refractivity contribution >= 4 is 5.97 Å². The molecule has 4 atom stereocenters. The standard InChI is InChI=1S/C11H10O2/c12-11-9-5-2-7-1-4-8(9)10(13-11)6-3-7/h1-10H/t7-,8+,9+,10+/m1/s1. The van der Waals surface area contributed by atoms with E-state index in [9.17, 15) is 4.79 Å². The summed E-state index contributed by atoms with van der Waals surface area (Å²) in [5.41, 5.74) is 0. The molecule has 13 heavy (non-hydrogen) atoms. The van der Waals surface area contributed by atoms with Crippen LogP contribution in [-0.4, -0.2) is 12.1 Å². The predicted molar refractivity (Wildman–Crippen MR) is 47.8 cm³/mol.